The van der Waals surface area contributed by atoms with Crippen molar-refractivity contribution in [1.29, 1.82) is 0 Å². The molecule has 11 heteroatoms. The van der Waals surface area contributed by atoms with Gasteiger partial charge in [-0.3, -0.25) is 0 Å². The molecular formula is C28H27F3N8. The van der Waals surface area contributed by atoms with E-state index in [1.807, 2.05) is 44.2 Å². The van der Waals surface area contributed by atoms with Gasteiger partial charge in [0.05, 0.1) is 12.2 Å². The lowest BCUT2D eigenvalue weighted by atomic mass is 9.97. The molecule has 5 rings (SSSR count). The first-order valence-corrected chi connectivity index (χ1v) is 12.3. The second kappa shape index (κ2) is 9.90. The van der Waals surface area contributed by atoms with E-state index in [1.165, 1.54) is 10.9 Å². The van der Waals surface area contributed by atoms with Crippen LogP contribution in [0.1, 0.15) is 40.8 Å². The van der Waals surface area contributed by atoms with E-state index in [1.54, 1.807) is 18.2 Å². The van der Waals surface area contributed by atoms with Crippen LogP contribution < -0.4 is 11.6 Å². The number of aromatic nitrogens is 5. The van der Waals surface area contributed by atoms with Gasteiger partial charge in [0.15, 0.2) is 17.2 Å². The Morgan fingerprint density at radius 2 is 1.74 bits per heavy atom. The van der Waals surface area contributed by atoms with Crippen molar-refractivity contribution in [2.75, 3.05) is 0 Å². The Kier molecular flexibility index (Phi) is 6.59. The Bertz CT molecular complexity index is 1690. The largest absolute Gasteiger partial charge is 0.435 e. The van der Waals surface area contributed by atoms with E-state index in [9.17, 15) is 13.2 Å². The maximum absolute atomic E-state index is 13.1. The zero-order valence-corrected chi connectivity index (χ0v) is 21.7. The normalized spacial score (nSPS) is 12.4. The highest BCUT2D eigenvalue weighted by Crippen LogP contribution is 2.30. The zero-order chi connectivity index (χ0) is 27.9. The van der Waals surface area contributed by atoms with Crippen molar-refractivity contribution >= 4 is 17.0 Å². The summed E-state index contributed by atoms with van der Waals surface area (Å²) in [5.74, 6) is 6.51. The van der Waals surface area contributed by atoms with E-state index >= 15 is 0 Å². The number of hydrogen-bond donors (Lipinski definition) is 2. The molecule has 200 valence electrons. The lowest BCUT2D eigenvalue weighted by Crippen LogP contribution is -2.17. The minimum atomic E-state index is -4.54. The van der Waals surface area contributed by atoms with Crippen LogP contribution >= 0.6 is 0 Å². The number of pyridine rings is 1. The SMILES string of the molecule is CCc1nc2c(C)cc(C)nc2n1Cc1ccc(-c2cc(-n3ccc(C(F)(F)F)n3)ccc2/C(N)=N/N)cc1. The maximum Gasteiger partial charge on any atom is 0.435 e. The molecule has 0 aliphatic rings. The smallest absolute Gasteiger partial charge is 0.382 e. The molecule has 0 atom stereocenters. The number of imidazole rings is 1. The molecule has 0 saturated heterocycles. The third-order valence-electron chi connectivity index (χ3n) is 6.59. The van der Waals surface area contributed by atoms with Crippen LogP contribution in [0.3, 0.4) is 0 Å². The number of hydrazone groups is 1. The van der Waals surface area contributed by atoms with Gasteiger partial charge in [-0.2, -0.15) is 23.4 Å². The minimum Gasteiger partial charge on any atom is -0.382 e. The lowest BCUT2D eigenvalue weighted by molar-refractivity contribution is -0.141. The first-order chi connectivity index (χ1) is 18.6. The number of halogens is 3. The molecule has 2 aromatic carbocycles. The van der Waals surface area contributed by atoms with Crippen molar-refractivity contribution in [2.24, 2.45) is 16.7 Å². The minimum absolute atomic E-state index is 0.103. The first-order valence-electron chi connectivity index (χ1n) is 12.3. The zero-order valence-electron chi connectivity index (χ0n) is 21.7. The molecule has 39 heavy (non-hydrogen) atoms. The summed E-state index contributed by atoms with van der Waals surface area (Å²) in [4.78, 5) is 9.56. The van der Waals surface area contributed by atoms with Gasteiger partial charge in [0, 0.05) is 23.9 Å². The summed E-state index contributed by atoms with van der Waals surface area (Å²) in [5.41, 5.74) is 12.3. The fraction of sp³-hybridized carbons (Fsp3) is 0.214. The highest BCUT2D eigenvalue weighted by atomic mass is 19.4. The van der Waals surface area contributed by atoms with Gasteiger partial charge in [-0.25, -0.2) is 14.6 Å². The van der Waals surface area contributed by atoms with Crippen LogP contribution in [0.4, 0.5) is 13.2 Å². The van der Waals surface area contributed by atoms with Crippen molar-refractivity contribution in [3.05, 3.63) is 94.7 Å². The Labute approximate surface area is 222 Å². The molecule has 3 aromatic heterocycles. The summed E-state index contributed by atoms with van der Waals surface area (Å²) in [6.07, 6.45) is -2.50. The van der Waals surface area contributed by atoms with Gasteiger partial charge < -0.3 is 16.1 Å². The molecule has 0 radical (unpaired) electrons. The van der Waals surface area contributed by atoms with Crippen molar-refractivity contribution in [3.63, 3.8) is 0 Å². The number of benzene rings is 2. The quantitative estimate of drug-likeness (QED) is 0.137. The number of alkyl halides is 3. The fourth-order valence-corrected chi connectivity index (χ4v) is 4.68. The summed E-state index contributed by atoms with van der Waals surface area (Å²) in [6, 6.07) is 15.8. The molecular weight excluding hydrogens is 505 g/mol. The van der Waals surface area contributed by atoms with E-state index < -0.39 is 11.9 Å². The summed E-state index contributed by atoms with van der Waals surface area (Å²) < 4.78 is 42.6. The van der Waals surface area contributed by atoms with Gasteiger partial charge in [-0.1, -0.05) is 31.2 Å². The molecule has 0 spiro atoms. The number of amidine groups is 1. The summed E-state index contributed by atoms with van der Waals surface area (Å²) in [7, 11) is 0. The maximum atomic E-state index is 13.1. The molecule has 0 unspecified atom stereocenters. The predicted octanol–water partition coefficient (Wildman–Crippen LogP) is 5.11. The number of fused-ring (bicyclic) bond motifs is 1. The Hall–Kier alpha value is -4.67. The number of aryl methyl sites for hydroxylation is 3. The first kappa shape index (κ1) is 26.0. The Morgan fingerprint density at radius 3 is 2.38 bits per heavy atom. The van der Waals surface area contributed by atoms with Crippen LogP contribution in [-0.2, 0) is 19.1 Å². The molecule has 0 aliphatic heterocycles. The van der Waals surface area contributed by atoms with E-state index in [-0.39, 0.29) is 5.84 Å². The van der Waals surface area contributed by atoms with Crippen molar-refractivity contribution in [2.45, 2.75) is 39.9 Å². The number of nitrogens with two attached hydrogens (primary N) is 2. The third kappa shape index (κ3) is 4.95. The number of rotatable bonds is 6. The van der Waals surface area contributed by atoms with E-state index in [0.29, 0.717) is 23.4 Å². The molecule has 4 N–H and O–H groups in total. The van der Waals surface area contributed by atoms with Crippen LogP contribution in [0.25, 0.3) is 28.0 Å². The summed E-state index contributed by atoms with van der Waals surface area (Å²) in [6.45, 7) is 6.66. The summed E-state index contributed by atoms with van der Waals surface area (Å²) in [5, 5.41) is 7.30. The third-order valence-corrected chi connectivity index (χ3v) is 6.59. The molecule has 3 heterocycles. The average Bonchev–Trinajstić information content (AvgIpc) is 3.54. The highest BCUT2D eigenvalue weighted by molar-refractivity contribution is 6.03. The van der Waals surface area contributed by atoms with Gasteiger partial charge in [-0.05, 0) is 66.4 Å². The van der Waals surface area contributed by atoms with Crippen molar-refractivity contribution in [1.82, 2.24) is 24.3 Å². The summed E-state index contributed by atoms with van der Waals surface area (Å²) >= 11 is 0. The Morgan fingerprint density at radius 1 is 1.00 bits per heavy atom. The topological polar surface area (TPSA) is 113 Å². The van der Waals surface area contributed by atoms with E-state index in [2.05, 4.69) is 21.7 Å². The standard InChI is InChI=1S/C28H27F3N8/c1-4-24-35-25-16(2)13-17(3)34-27(25)38(24)15-18-5-7-19(8-6-18)22-14-20(9-10-21(22)26(32)36-33)39-12-11-23(37-39)28(29,30)31/h5-14H,4,15,33H2,1-3H3,(H2,32,36). The molecule has 0 aliphatic carbocycles. The van der Waals surface area contributed by atoms with Crippen LogP contribution in [-0.4, -0.2) is 30.2 Å². The van der Waals surface area contributed by atoms with Crippen LogP contribution in [0.5, 0.6) is 0 Å². The molecule has 5 aromatic rings. The lowest BCUT2D eigenvalue weighted by Gasteiger charge is -2.13. The average molecular weight is 533 g/mol. The molecule has 0 bridgehead atoms. The van der Waals surface area contributed by atoms with Crippen molar-refractivity contribution < 1.29 is 13.2 Å². The van der Waals surface area contributed by atoms with Crippen LogP contribution in [0, 0.1) is 13.8 Å². The number of nitrogens with zero attached hydrogens (tertiary/aromatic N) is 6. The van der Waals surface area contributed by atoms with Gasteiger partial charge in [-0.15, -0.1) is 0 Å². The van der Waals surface area contributed by atoms with Crippen molar-refractivity contribution in [3.8, 4) is 16.8 Å². The Balaban J connectivity index is 1.52. The van der Waals surface area contributed by atoms with Gasteiger partial charge in [0.2, 0.25) is 0 Å². The molecule has 0 amide bonds. The van der Waals surface area contributed by atoms with Gasteiger partial charge >= 0.3 is 6.18 Å². The highest BCUT2D eigenvalue weighted by Gasteiger charge is 2.33. The van der Waals surface area contributed by atoms with Gasteiger partial charge in [0.1, 0.15) is 11.3 Å². The monoisotopic (exact) mass is 532 g/mol. The van der Waals surface area contributed by atoms with Gasteiger partial charge in [0.25, 0.3) is 0 Å². The van der Waals surface area contributed by atoms with Crippen LogP contribution in [0.15, 0.2) is 65.9 Å². The number of hydrogen-bond acceptors (Lipinski definition) is 5. The fourth-order valence-electron chi connectivity index (χ4n) is 4.68. The molecule has 0 fully saturated rings. The predicted molar refractivity (Wildman–Crippen MR) is 144 cm³/mol. The van der Waals surface area contributed by atoms with Crippen LogP contribution in [0.2, 0.25) is 0 Å². The molecule has 0 saturated carbocycles. The molecule has 8 nitrogen and oxygen atoms in total. The second-order valence-corrected chi connectivity index (χ2v) is 9.30. The van der Waals surface area contributed by atoms with E-state index in [4.69, 9.17) is 21.5 Å². The second-order valence-electron chi connectivity index (χ2n) is 9.30. The van der Waals surface area contributed by atoms with E-state index in [0.717, 1.165) is 51.9 Å².